The van der Waals surface area contributed by atoms with E-state index in [9.17, 15) is 14.7 Å². The normalized spacial score (nSPS) is 11.1. The molecule has 0 bridgehead atoms. The van der Waals surface area contributed by atoms with Crippen LogP contribution in [0.4, 0.5) is 0 Å². The average Bonchev–Trinajstić information content (AvgIpc) is 2.89. The van der Waals surface area contributed by atoms with Crippen LogP contribution in [0, 0.1) is 0 Å². The smallest absolute Gasteiger partial charge is 0.266 e. The van der Waals surface area contributed by atoms with Crippen LogP contribution in [-0.2, 0) is 4.79 Å². The molecule has 0 saturated heterocycles. The van der Waals surface area contributed by atoms with Gasteiger partial charge in [-0.05, 0) is 48.5 Å². The molecule has 0 fully saturated rings. The number of thioether (sulfide) groups is 1. The van der Waals surface area contributed by atoms with Gasteiger partial charge in [-0.3, -0.25) is 14.2 Å². The number of phenolic OH excluding ortho intramolecular Hbond substituents is 1. The van der Waals surface area contributed by atoms with Gasteiger partial charge in [0.1, 0.15) is 0 Å². The molecular weight excluding hydrogens is 548 g/mol. The number of nitrogens with one attached hydrogen (secondary N) is 1. The van der Waals surface area contributed by atoms with Crippen LogP contribution in [0.3, 0.4) is 0 Å². The highest BCUT2D eigenvalue weighted by atomic mass is 79.9. The number of fused-ring (bicyclic) bond motifs is 1. The van der Waals surface area contributed by atoms with Gasteiger partial charge in [0.15, 0.2) is 16.7 Å². The number of aromatic hydroxyl groups is 1. The number of hydrogen-bond donors (Lipinski definition) is 2. The molecule has 0 radical (unpaired) electrons. The summed E-state index contributed by atoms with van der Waals surface area (Å²) in [4.78, 5) is 30.4. The maximum absolute atomic E-state index is 13.3. The molecule has 4 aromatic rings. The second-order valence-electron chi connectivity index (χ2n) is 7.38. The largest absolute Gasteiger partial charge is 0.502 e. The Labute approximate surface area is 218 Å². The standard InChI is InChI=1S/C25H21BrN4O5S/c1-34-20-11-15(12-21(35-2)23(20)32)13-27-29-22(31)14-36-25-28-19-6-4-3-5-18(19)24(33)30(25)17-9-7-16(26)8-10-17/h3-13,32H,14H2,1-2H3,(H,29,31)/b27-13+. The molecule has 0 aliphatic rings. The number of amides is 1. The van der Waals surface area contributed by atoms with Gasteiger partial charge < -0.3 is 14.6 Å². The van der Waals surface area contributed by atoms with Gasteiger partial charge in [-0.25, -0.2) is 10.4 Å². The third kappa shape index (κ3) is 5.52. The van der Waals surface area contributed by atoms with Crippen LogP contribution < -0.4 is 20.5 Å². The Morgan fingerprint density at radius 3 is 2.47 bits per heavy atom. The van der Waals surface area contributed by atoms with Gasteiger partial charge in [-0.15, -0.1) is 0 Å². The molecule has 0 unspecified atom stereocenters. The van der Waals surface area contributed by atoms with Gasteiger partial charge in [0, 0.05) is 10.0 Å². The maximum atomic E-state index is 13.3. The number of rotatable bonds is 8. The van der Waals surface area contributed by atoms with Crippen LogP contribution in [0.2, 0.25) is 0 Å². The van der Waals surface area contributed by atoms with E-state index in [0.717, 1.165) is 16.2 Å². The predicted octanol–water partition coefficient (Wildman–Crippen LogP) is 4.11. The summed E-state index contributed by atoms with van der Waals surface area (Å²) in [6.07, 6.45) is 1.40. The van der Waals surface area contributed by atoms with Crippen molar-refractivity contribution in [3.05, 3.63) is 81.1 Å². The average molecular weight is 569 g/mol. The van der Waals surface area contributed by atoms with Gasteiger partial charge >= 0.3 is 0 Å². The van der Waals surface area contributed by atoms with Crippen molar-refractivity contribution in [2.45, 2.75) is 5.16 Å². The first-order valence-corrected chi connectivity index (χ1v) is 12.4. The van der Waals surface area contributed by atoms with E-state index in [2.05, 4.69) is 31.4 Å². The minimum atomic E-state index is -0.390. The highest BCUT2D eigenvalue weighted by Crippen LogP contribution is 2.36. The fourth-order valence-corrected chi connectivity index (χ4v) is 4.43. The summed E-state index contributed by atoms with van der Waals surface area (Å²) in [6.45, 7) is 0. The van der Waals surface area contributed by atoms with E-state index in [1.165, 1.54) is 25.0 Å². The second-order valence-corrected chi connectivity index (χ2v) is 9.24. The van der Waals surface area contributed by atoms with Crippen molar-refractivity contribution < 1.29 is 19.4 Å². The quantitative estimate of drug-likeness (QED) is 0.142. The molecule has 0 spiro atoms. The summed E-state index contributed by atoms with van der Waals surface area (Å²) >= 11 is 4.53. The van der Waals surface area contributed by atoms with Crippen molar-refractivity contribution in [3.63, 3.8) is 0 Å². The summed E-state index contributed by atoms with van der Waals surface area (Å²) in [6, 6.07) is 17.5. The van der Waals surface area contributed by atoms with Crippen LogP contribution in [-0.4, -0.2) is 46.8 Å². The van der Waals surface area contributed by atoms with Crippen LogP contribution in [0.15, 0.2) is 80.2 Å². The van der Waals surface area contributed by atoms with Crippen molar-refractivity contribution in [1.29, 1.82) is 0 Å². The van der Waals surface area contributed by atoms with Gasteiger partial charge in [-0.2, -0.15) is 5.10 Å². The number of hydrazone groups is 1. The molecule has 0 aliphatic carbocycles. The fourth-order valence-electron chi connectivity index (χ4n) is 3.36. The van der Waals surface area contributed by atoms with E-state index >= 15 is 0 Å². The minimum absolute atomic E-state index is 0.0269. The summed E-state index contributed by atoms with van der Waals surface area (Å²) in [5.74, 6) is -0.117. The minimum Gasteiger partial charge on any atom is -0.502 e. The van der Waals surface area contributed by atoms with Crippen LogP contribution in [0.5, 0.6) is 17.2 Å². The molecule has 4 rings (SSSR count). The fraction of sp³-hybridized carbons (Fsp3) is 0.120. The Morgan fingerprint density at radius 1 is 1.14 bits per heavy atom. The molecule has 36 heavy (non-hydrogen) atoms. The van der Waals surface area contributed by atoms with Gasteiger partial charge in [0.05, 0.1) is 42.8 Å². The second kappa shape index (κ2) is 11.3. The van der Waals surface area contributed by atoms with Gasteiger partial charge in [0.25, 0.3) is 11.5 Å². The zero-order valence-electron chi connectivity index (χ0n) is 19.3. The molecule has 0 atom stereocenters. The third-order valence-corrected chi connectivity index (χ3v) is 6.53. The predicted molar refractivity (Wildman–Crippen MR) is 143 cm³/mol. The van der Waals surface area contributed by atoms with Crippen molar-refractivity contribution in [2.24, 2.45) is 5.10 Å². The number of hydrogen-bond acceptors (Lipinski definition) is 8. The summed E-state index contributed by atoms with van der Waals surface area (Å²) in [5, 5.41) is 14.8. The van der Waals surface area contributed by atoms with E-state index in [0.29, 0.717) is 27.3 Å². The Kier molecular flexibility index (Phi) is 7.91. The maximum Gasteiger partial charge on any atom is 0.266 e. The molecule has 1 aromatic heterocycles. The first-order valence-electron chi connectivity index (χ1n) is 10.6. The monoisotopic (exact) mass is 568 g/mol. The number of methoxy groups -OCH3 is 2. The van der Waals surface area contributed by atoms with Gasteiger partial charge in [0.2, 0.25) is 5.75 Å². The lowest BCUT2D eigenvalue weighted by atomic mass is 10.2. The number of phenols is 1. The van der Waals surface area contributed by atoms with Crippen LogP contribution in [0.25, 0.3) is 16.6 Å². The molecule has 184 valence electrons. The molecule has 0 aliphatic heterocycles. The zero-order valence-corrected chi connectivity index (χ0v) is 21.7. The molecule has 1 heterocycles. The molecule has 3 aromatic carbocycles. The molecule has 9 nitrogen and oxygen atoms in total. The van der Waals surface area contributed by atoms with E-state index in [4.69, 9.17) is 9.47 Å². The first kappa shape index (κ1) is 25.3. The number of nitrogens with zero attached hydrogens (tertiary/aromatic N) is 3. The van der Waals surface area contributed by atoms with Crippen LogP contribution >= 0.6 is 27.7 Å². The molecular formula is C25H21BrN4O5S. The lowest BCUT2D eigenvalue weighted by molar-refractivity contribution is -0.118. The Morgan fingerprint density at radius 2 is 1.81 bits per heavy atom. The molecule has 11 heteroatoms. The lowest BCUT2D eigenvalue weighted by Crippen LogP contribution is -2.24. The SMILES string of the molecule is COc1cc(/C=N/NC(=O)CSc2nc3ccccc3c(=O)n2-c2ccc(Br)cc2)cc(OC)c1O. The van der Waals surface area contributed by atoms with E-state index in [1.807, 2.05) is 18.2 Å². The van der Waals surface area contributed by atoms with E-state index in [1.54, 1.807) is 42.5 Å². The zero-order chi connectivity index (χ0) is 25.7. The van der Waals surface area contributed by atoms with E-state index in [-0.39, 0.29) is 28.6 Å². The van der Waals surface area contributed by atoms with Crippen molar-refractivity contribution in [1.82, 2.24) is 15.0 Å². The Bertz CT molecular complexity index is 1480. The molecule has 2 N–H and O–H groups in total. The lowest BCUT2D eigenvalue weighted by Gasteiger charge is -2.13. The van der Waals surface area contributed by atoms with Crippen LogP contribution in [0.1, 0.15) is 5.56 Å². The van der Waals surface area contributed by atoms with Crippen molar-refractivity contribution >= 4 is 50.7 Å². The van der Waals surface area contributed by atoms with Crippen molar-refractivity contribution in [3.8, 4) is 22.9 Å². The van der Waals surface area contributed by atoms with E-state index < -0.39 is 5.91 Å². The number of para-hydroxylation sites is 1. The first-order chi connectivity index (χ1) is 17.4. The topological polar surface area (TPSA) is 115 Å². The summed E-state index contributed by atoms with van der Waals surface area (Å²) in [7, 11) is 2.84. The molecule has 1 amide bonds. The van der Waals surface area contributed by atoms with Crippen molar-refractivity contribution in [2.75, 3.05) is 20.0 Å². The Hall–Kier alpha value is -3.83. The number of benzene rings is 3. The number of carbonyl (C=O) groups excluding carboxylic acids is 1. The Balaban J connectivity index is 1.53. The highest BCUT2D eigenvalue weighted by Gasteiger charge is 2.15. The van der Waals surface area contributed by atoms with Gasteiger partial charge in [-0.1, -0.05) is 39.8 Å². The summed E-state index contributed by atoms with van der Waals surface area (Å²) in [5.41, 5.74) is 3.97. The number of halogens is 1. The number of aromatic nitrogens is 2. The highest BCUT2D eigenvalue weighted by molar-refractivity contribution is 9.10. The number of ether oxygens (including phenoxy) is 2. The third-order valence-electron chi connectivity index (χ3n) is 5.07. The number of carbonyl (C=O) groups is 1. The molecule has 0 saturated carbocycles. The summed E-state index contributed by atoms with van der Waals surface area (Å²) < 4.78 is 12.6.